The third kappa shape index (κ3) is 5.36. The number of urea groups is 1. The van der Waals surface area contributed by atoms with Crippen LogP contribution >= 0.6 is 0 Å². The molecule has 0 radical (unpaired) electrons. The molecule has 7 heteroatoms. The van der Waals surface area contributed by atoms with E-state index in [4.69, 9.17) is 11.2 Å². The summed E-state index contributed by atoms with van der Waals surface area (Å²) in [5.74, 6) is 2.22. The van der Waals surface area contributed by atoms with E-state index in [2.05, 4.69) is 16.6 Å². The first kappa shape index (κ1) is 16.9. The number of carbonyl (C=O) groups excluding carboxylic acids is 1. The molecule has 4 nitrogen and oxygen atoms in total. The molecule has 0 spiro atoms. The van der Waals surface area contributed by atoms with Crippen molar-refractivity contribution in [3.05, 3.63) is 35.4 Å². The summed E-state index contributed by atoms with van der Waals surface area (Å²) in [5, 5.41) is 4.88. The van der Waals surface area contributed by atoms with Crippen molar-refractivity contribution in [1.82, 2.24) is 10.6 Å². The highest BCUT2D eigenvalue weighted by molar-refractivity contribution is 5.74. The molecule has 0 saturated carbocycles. The highest BCUT2D eigenvalue weighted by Gasteiger charge is 2.31. The zero-order chi connectivity index (χ0) is 15.9. The third-order valence-corrected chi connectivity index (χ3v) is 2.61. The Balaban J connectivity index is 2.90. The predicted molar refractivity (Wildman–Crippen MR) is 71.4 cm³/mol. The standard InChI is InChI=1S/C14H15F3N2O2/c1-3-7-18-13(20)19-12(9-21-2)10-5-4-6-11(8-10)14(15,16)17/h1,4-6,8,12H,7,9H2,2H3,(H2,18,19,20)/t12-/m0/s1. The van der Waals surface area contributed by atoms with Crippen LogP contribution in [0.5, 0.6) is 0 Å². The normalized spacial score (nSPS) is 12.3. The maximum Gasteiger partial charge on any atom is 0.416 e. The predicted octanol–water partition coefficient (Wildman–Crippen LogP) is 2.33. The SMILES string of the molecule is C#CCNC(=O)N[C@@H](COC)c1cccc(C(F)(F)F)c1. The first-order valence-corrected chi connectivity index (χ1v) is 6.02. The van der Waals surface area contributed by atoms with Crippen LogP contribution in [0, 0.1) is 12.3 Å². The van der Waals surface area contributed by atoms with Crippen LogP contribution in [0.4, 0.5) is 18.0 Å². The quantitative estimate of drug-likeness (QED) is 0.820. The molecule has 0 bridgehead atoms. The summed E-state index contributed by atoms with van der Waals surface area (Å²) in [6.45, 7) is 0.0545. The number of carbonyl (C=O) groups is 1. The summed E-state index contributed by atoms with van der Waals surface area (Å²) >= 11 is 0. The number of hydrogen-bond acceptors (Lipinski definition) is 2. The van der Waals surface area contributed by atoms with Gasteiger partial charge in [0.1, 0.15) is 0 Å². The molecule has 1 atom stereocenters. The monoisotopic (exact) mass is 300 g/mol. The number of nitrogens with one attached hydrogen (secondary N) is 2. The van der Waals surface area contributed by atoms with Gasteiger partial charge in [-0.3, -0.25) is 0 Å². The van der Waals surface area contributed by atoms with Gasteiger partial charge in [0.2, 0.25) is 0 Å². The van der Waals surface area contributed by atoms with Crippen molar-refractivity contribution < 1.29 is 22.7 Å². The van der Waals surface area contributed by atoms with Gasteiger partial charge in [-0.05, 0) is 17.7 Å². The number of ether oxygens (including phenoxy) is 1. The third-order valence-electron chi connectivity index (χ3n) is 2.61. The van der Waals surface area contributed by atoms with E-state index in [1.165, 1.54) is 19.2 Å². The van der Waals surface area contributed by atoms with E-state index in [0.29, 0.717) is 5.56 Å². The van der Waals surface area contributed by atoms with Gasteiger partial charge in [0.25, 0.3) is 0 Å². The lowest BCUT2D eigenvalue weighted by molar-refractivity contribution is -0.137. The van der Waals surface area contributed by atoms with Gasteiger partial charge in [0.15, 0.2) is 0 Å². The molecular weight excluding hydrogens is 285 g/mol. The number of hydrogen-bond donors (Lipinski definition) is 2. The van der Waals surface area contributed by atoms with Crippen LogP contribution in [0.1, 0.15) is 17.2 Å². The zero-order valence-electron chi connectivity index (χ0n) is 11.3. The van der Waals surface area contributed by atoms with Gasteiger partial charge in [-0.1, -0.05) is 18.1 Å². The summed E-state index contributed by atoms with van der Waals surface area (Å²) in [7, 11) is 1.39. The lowest BCUT2D eigenvalue weighted by Crippen LogP contribution is -2.39. The number of terminal acetylenes is 1. The summed E-state index contributed by atoms with van der Waals surface area (Å²) in [4.78, 5) is 11.5. The Morgan fingerprint density at radius 3 is 2.76 bits per heavy atom. The van der Waals surface area contributed by atoms with Gasteiger partial charge < -0.3 is 15.4 Å². The minimum absolute atomic E-state index is 0.0220. The number of alkyl halides is 3. The molecule has 1 aromatic rings. The van der Waals surface area contributed by atoms with Crippen molar-refractivity contribution in [3.63, 3.8) is 0 Å². The van der Waals surface area contributed by atoms with E-state index >= 15 is 0 Å². The molecule has 0 aromatic heterocycles. The topological polar surface area (TPSA) is 50.4 Å². The highest BCUT2D eigenvalue weighted by Crippen LogP contribution is 2.30. The smallest absolute Gasteiger partial charge is 0.382 e. The van der Waals surface area contributed by atoms with Gasteiger partial charge in [-0.2, -0.15) is 13.2 Å². The van der Waals surface area contributed by atoms with Crippen molar-refractivity contribution in [2.75, 3.05) is 20.3 Å². The highest BCUT2D eigenvalue weighted by atomic mass is 19.4. The number of halogens is 3. The number of amides is 2. The molecule has 1 rings (SSSR count). The van der Waals surface area contributed by atoms with Crippen molar-refractivity contribution in [3.8, 4) is 12.3 Å². The van der Waals surface area contributed by atoms with Gasteiger partial charge in [0.05, 0.1) is 24.8 Å². The van der Waals surface area contributed by atoms with E-state index in [0.717, 1.165) is 12.1 Å². The van der Waals surface area contributed by atoms with E-state index in [9.17, 15) is 18.0 Å². The van der Waals surface area contributed by atoms with E-state index in [1.807, 2.05) is 0 Å². The molecule has 0 aliphatic carbocycles. The fourth-order valence-corrected chi connectivity index (χ4v) is 1.66. The molecule has 0 aliphatic heterocycles. The van der Waals surface area contributed by atoms with Crippen LogP contribution in [-0.2, 0) is 10.9 Å². The molecule has 0 aliphatic rings. The van der Waals surface area contributed by atoms with E-state index in [1.54, 1.807) is 0 Å². The van der Waals surface area contributed by atoms with Crippen molar-refractivity contribution in [1.29, 1.82) is 0 Å². The number of methoxy groups -OCH3 is 1. The second-order valence-electron chi connectivity index (χ2n) is 4.16. The fraction of sp³-hybridized carbons (Fsp3) is 0.357. The number of benzene rings is 1. The Hall–Kier alpha value is -2.20. The van der Waals surface area contributed by atoms with Crippen LogP contribution in [0.25, 0.3) is 0 Å². The van der Waals surface area contributed by atoms with Crippen molar-refractivity contribution in [2.45, 2.75) is 12.2 Å². The Morgan fingerprint density at radius 1 is 1.48 bits per heavy atom. The summed E-state index contributed by atoms with van der Waals surface area (Å²) in [6.07, 6.45) is 0.558. The molecule has 0 heterocycles. The molecule has 2 N–H and O–H groups in total. The minimum Gasteiger partial charge on any atom is -0.382 e. The second-order valence-corrected chi connectivity index (χ2v) is 4.16. The average molecular weight is 300 g/mol. The molecule has 114 valence electrons. The Kier molecular flexibility index (Phi) is 6.06. The lowest BCUT2D eigenvalue weighted by Gasteiger charge is -2.19. The molecular formula is C14H15F3N2O2. The fourth-order valence-electron chi connectivity index (χ4n) is 1.66. The molecule has 0 fully saturated rings. The zero-order valence-corrected chi connectivity index (χ0v) is 11.3. The average Bonchev–Trinajstić information content (AvgIpc) is 2.44. The summed E-state index contributed by atoms with van der Waals surface area (Å²) < 4.78 is 43.0. The maximum atomic E-state index is 12.7. The number of rotatable bonds is 5. The Bertz CT molecular complexity index is 524. The minimum atomic E-state index is -4.45. The van der Waals surface area contributed by atoms with Crippen LogP contribution < -0.4 is 10.6 Å². The lowest BCUT2D eigenvalue weighted by atomic mass is 10.0. The van der Waals surface area contributed by atoms with E-state index in [-0.39, 0.29) is 13.2 Å². The summed E-state index contributed by atoms with van der Waals surface area (Å²) in [5.41, 5.74) is -0.491. The van der Waals surface area contributed by atoms with Crippen molar-refractivity contribution >= 4 is 6.03 Å². The van der Waals surface area contributed by atoms with Crippen LogP contribution in [-0.4, -0.2) is 26.3 Å². The Labute approximate surface area is 120 Å². The van der Waals surface area contributed by atoms with Crippen LogP contribution in [0.3, 0.4) is 0 Å². The largest absolute Gasteiger partial charge is 0.416 e. The molecule has 0 unspecified atom stereocenters. The van der Waals surface area contributed by atoms with Crippen LogP contribution in [0.15, 0.2) is 24.3 Å². The van der Waals surface area contributed by atoms with Crippen LogP contribution in [0.2, 0.25) is 0 Å². The van der Waals surface area contributed by atoms with E-state index < -0.39 is 23.8 Å². The molecule has 21 heavy (non-hydrogen) atoms. The maximum absolute atomic E-state index is 12.7. The van der Waals surface area contributed by atoms with Gasteiger partial charge >= 0.3 is 12.2 Å². The molecule has 1 aromatic carbocycles. The molecule has 0 saturated heterocycles. The first-order chi connectivity index (χ1) is 9.88. The second kappa shape index (κ2) is 7.55. The van der Waals surface area contributed by atoms with Gasteiger partial charge in [-0.25, -0.2) is 4.79 Å². The van der Waals surface area contributed by atoms with Gasteiger partial charge in [0, 0.05) is 7.11 Å². The van der Waals surface area contributed by atoms with Crippen molar-refractivity contribution in [2.24, 2.45) is 0 Å². The van der Waals surface area contributed by atoms with Gasteiger partial charge in [-0.15, -0.1) is 6.42 Å². The molecule has 2 amide bonds. The first-order valence-electron chi connectivity index (χ1n) is 6.02. The Morgan fingerprint density at radius 2 is 2.19 bits per heavy atom. The summed E-state index contributed by atoms with van der Waals surface area (Å²) in [6, 6.07) is 3.42.